The van der Waals surface area contributed by atoms with Gasteiger partial charge in [0.2, 0.25) is 5.91 Å². The number of amides is 4. The molecule has 9 heteroatoms. The van der Waals surface area contributed by atoms with Gasteiger partial charge in [-0.15, -0.1) is 0 Å². The van der Waals surface area contributed by atoms with Crippen molar-refractivity contribution in [1.29, 1.82) is 0 Å². The molecule has 0 spiro atoms. The highest BCUT2D eigenvalue weighted by molar-refractivity contribution is 7.22. The predicted molar refractivity (Wildman–Crippen MR) is 89.6 cm³/mol. The zero-order chi connectivity index (χ0) is 17.8. The summed E-state index contributed by atoms with van der Waals surface area (Å²) >= 11 is 1.13. The third-order valence-electron chi connectivity index (χ3n) is 4.59. The van der Waals surface area contributed by atoms with Gasteiger partial charge in [-0.2, -0.15) is 0 Å². The Morgan fingerprint density at radius 2 is 2.24 bits per heavy atom. The molecule has 130 valence electrons. The topological polar surface area (TPSA) is 91.4 Å². The molecule has 25 heavy (non-hydrogen) atoms. The van der Waals surface area contributed by atoms with Crippen molar-refractivity contribution in [3.8, 4) is 0 Å². The number of hydrogen-bond donors (Lipinski definition) is 2. The van der Waals surface area contributed by atoms with E-state index in [1.807, 2.05) is 0 Å². The number of benzene rings is 1. The first kappa shape index (κ1) is 15.9. The van der Waals surface area contributed by atoms with Crippen LogP contribution in [-0.4, -0.2) is 39.8 Å². The summed E-state index contributed by atoms with van der Waals surface area (Å²) in [6.07, 6.45) is 1.79. The van der Waals surface area contributed by atoms with Crippen molar-refractivity contribution in [2.24, 2.45) is 5.92 Å². The molecule has 2 heterocycles. The second-order valence-corrected chi connectivity index (χ2v) is 7.51. The Balaban J connectivity index is 1.46. The first-order valence-corrected chi connectivity index (χ1v) is 8.68. The summed E-state index contributed by atoms with van der Waals surface area (Å²) in [5.41, 5.74) is -0.344. The summed E-state index contributed by atoms with van der Waals surface area (Å²) in [7, 11) is 0. The van der Waals surface area contributed by atoms with Crippen LogP contribution in [-0.2, 0) is 9.59 Å². The molecule has 1 aliphatic carbocycles. The van der Waals surface area contributed by atoms with E-state index in [9.17, 15) is 18.8 Å². The summed E-state index contributed by atoms with van der Waals surface area (Å²) in [5.74, 6) is -1.14. The zero-order valence-electron chi connectivity index (χ0n) is 13.3. The molecule has 4 amide bonds. The van der Waals surface area contributed by atoms with Crippen LogP contribution in [0.1, 0.15) is 19.8 Å². The van der Waals surface area contributed by atoms with E-state index in [1.54, 1.807) is 6.92 Å². The summed E-state index contributed by atoms with van der Waals surface area (Å²) in [6.45, 7) is 1.32. The molecule has 2 aliphatic rings. The number of carbonyl (C=O) groups is 3. The minimum absolute atomic E-state index is 0.135. The van der Waals surface area contributed by atoms with Gasteiger partial charge in [0.25, 0.3) is 5.91 Å². The number of aromatic nitrogens is 1. The maximum Gasteiger partial charge on any atom is 0.325 e. The molecule has 1 aliphatic heterocycles. The van der Waals surface area contributed by atoms with E-state index in [-0.39, 0.29) is 24.2 Å². The van der Waals surface area contributed by atoms with Gasteiger partial charge in [-0.25, -0.2) is 14.2 Å². The zero-order valence-corrected chi connectivity index (χ0v) is 14.2. The number of hydrogen-bond acceptors (Lipinski definition) is 5. The van der Waals surface area contributed by atoms with Crippen LogP contribution in [0.4, 0.5) is 14.3 Å². The predicted octanol–water partition coefficient (Wildman–Crippen LogP) is 2.09. The molecule has 2 fully saturated rings. The molecule has 1 saturated carbocycles. The van der Waals surface area contributed by atoms with Crippen LogP contribution >= 0.6 is 11.3 Å². The molecular weight excluding hydrogens is 347 g/mol. The third kappa shape index (κ3) is 2.74. The van der Waals surface area contributed by atoms with Crippen molar-refractivity contribution < 1.29 is 18.8 Å². The average molecular weight is 362 g/mol. The Morgan fingerprint density at radius 1 is 1.48 bits per heavy atom. The fourth-order valence-corrected chi connectivity index (χ4v) is 3.96. The lowest BCUT2D eigenvalue weighted by Gasteiger charge is -2.20. The highest BCUT2D eigenvalue weighted by atomic mass is 32.1. The Bertz CT molecular complexity index is 910. The van der Waals surface area contributed by atoms with Gasteiger partial charge in [-0.3, -0.25) is 14.5 Å². The van der Waals surface area contributed by atoms with E-state index in [1.165, 1.54) is 18.2 Å². The van der Waals surface area contributed by atoms with Gasteiger partial charge >= 0.3 is 6.03 Å². The molecule has 1 aromatic heterocycles. The molecule has 2 aromatic rings. The molecule has 1 aromatic carbocycles. The number of anilines is 1. The number of nitrogens with zero attached hydrogens (tertiary/aromatic N) is 2. The maximum absolute atomic E-state index is 13.2. The molecule has 4 rings (SSSR count). The lowest BCUT2D eigenvalue weighted by Crippen LogP contribution is -2.46. The van der Waals surface area contributed by atoms with Crippen molar-refractivity contribution >= 4 is 44.5 Å². The average Bonchev–Trinajstić information content (AvgIpc) is 3.29. The summed E-state index contributed by atoms with van der Waals surface area (Å²) in [4.78, 5) is 41.9. The molecular formula is C16H15FN4O3S. The summed E-state index contributed by atoms with van der Waals surface area (Å²) < 4.78 is 13.8. The fraction of sp³-hybridized carbons (Fsp3) is 0.375. The molecule has 7 nitrogen and oxygen atoms in total. The van der Waals surface area contributed by atoms with Crippen molar-refractivity contribution in [2.45, 2.75) is 25.3 Å². The van der Waals surface area contributed by atoms with Crippen LogP contribution in [0.2, 0.25) is 0 Å². The van der Waals surface area contributed by atoms with E-state index >= 15 is 0 Å². The first-order chi connectivity index (χ1) is 11.9. The standard InChI is InChI=1S/C16H15FN4O3S/c1-16(8-2-3-8)13(23)21(15(24)20-16)7-12(22)19-14-18-10-5-4-9(17)6-11(10)25-14/h4-6,8H,2-3,7H2,1H3,(H,20,24)(H,18,19,22)/t16-/m1/s1. The number of halogens is 1. The molecule has 1 saturated heterocycles. The Morgan fingerprint density at radius 3 is 2.96 bits per heavy atom. The van der Waals surface area contributed by atoms with Crippen molar-refractivity contribution in [2.75, 3.05) is 11.9 Å². The smallest absolute Gasteiger partial charge is 0.323 e. The highest BCUT2D eigenvalue weighted by Gasteiger charge is 2.56. The summed E-state index contributed by atoms with van der Waals surface area (Å²) in [6, 6.07) is 3.59. The van der Waals surface area contributed by atoms with Crippen molar-refractivity contribution in [3.63, 3.8) is 0 Å². The van der Waals surface area contributed by atoms with E-state index in [4.69, 9.17) is 0 Å². The van der Waals surface area contributed by atoms with Gasteiger partial charge in [-0.05, 0) is 43.9 Å². The minimum Gasteiger partial charge on any atom is -0.323 e. The number of rotatable bonds is 4. The summed E-state index contributed by atoms with van der Waals surface area (Å²) in [5, 5.41) is 5.55. The Kier molecular flexibility index (Phi) is 3.50. The minimum atomic E-state index is -0.912. The Hall–Kier alpha value is -2.55. The highest BCUT2D eigenvalue weighted by Crippen LogP contribution is 2.42. The van der Waals surface area contributed by atoms with Crippen LogP contribution in [0.5, 0.6) is 0 Å². The monoisotopic (exact) mass is 362 g/mol. The van der Waals surface area contributed by atoms with Crippen LogP contribution in [0.15, 0.2) is 18.2 Å². The SMILES string of the molecule is C[C@]1(C2CC2)NC(=O)N(CC(=O)Nc2nc3ccc(F)cc3s2)C1=O. The number of nitrogens with one attached hydrogen (secondary N) is 2. The quantitative estimate of drug-likeness (QED) is 0.815. The van der Waals surface area contributed by atoms with Crippen LogP contribution < -0.4 is 10.6 Å². The van der Waals surface area contributed by atoms with Gasteiger partial charge in [0.05, 0.1) is 10.2 Å². The van der Waals surface area contributed by atoms with E-state index < -0.39 is 17.5 Å². The maximum atomic E-state index is 13.2. The Labute approximate surface area is 146 Å². The lowest BCUT2D eigenvalue weighted by atomic mass is 9.96. The first-order valence-electron chi connectivity index (χ1n) is 7.87. The van der Waals surface area contributed by atoms with E-state index in [0.717, 1.165) is 29.1 Å². The number of fused-ring (bicyclic) bond motifs is 1. The number of urea groups is 1. The van der Waals surface area contributed by atoms with Gasteiger partial charge < -0.3 is 10.6 Å². The molecule has 1 atom stereocenters. The molecule has 2 N–H and O–H groups in total. The number of imide groups is 1. The molecule has 0 radical (unpaired) electrons. The lowest BCUT2D eigenvalue weighted by molar-refractivity contribution is -0.134. The van der Waals surface area contributed by atoms with E-state index in [2.05, 4.69) is 15.6 Å². The number of carbonyl (C=O) groups excluding carboxylic acids is 3. The van der Waals surface area contributed by atoms with Gasteiger partial charge in [0.1, 0.15) is 17.9 Å². The fourth-order valence-electron chi connectivity index (χ4n) is 3.05. The van der Waals surface area contributed by atoms with E-state index in [0.29, 0.717) is 15.3 Å². The third-order valence-corrected chi connectivity index (χ3v) is 5.53. The molecule has 0 unspecified atom stereocenters. The van der Waals surface area contributed by atoms with Crippen LogP contribution in [0.25, 0.3) is 10.2 Å². The van der Waals surface area contributed by atoms with Crippen molar-refractivity contribution in [1.82, 2.24) is 15.2 Å². The number of thiazole rings is 1. The normalized spacial score (nSPS) is 23.2. The molecule has 0 bridgehead atoms. The van der Waals surface area contributed by atoms with Gasteiger partial charge in [0.15, 0.2) is 5.13 Å². The van der Waals surface area contributed by atoms with Crippen molar-refractivity contribution in [3.05, 3.63) is 24.0 Å². The second-order valence-electron chi connectivity index (χ2n) is 6.48. The largest absolute Gasteiger partial charge is 0.325 e. The second kappa shape index (κ2) is 5.48. The van der Waals surface area contributed by atoms with Gasteiger partial charge in [0, 0.05) is 0 Å². The van der Waals surface area contributed by atoms with Crippen LogP contribution in [0.3, 0.4) is 0 Å². The van der Waals surface area contributed by atoms with Gasteiger partial charge in [-0.1, -0.05) is 11.3 Å². The van der Waals surface area contributed by atoms with Crippen LogP contribution in [0, 0.1) is 11.7 Å².